The van der Waals surface area contributed by atoms with Gasteiger partial charge in [0, 0.05) is 18.4 Å². The van der Waals surface area contributed by atoms with E-state index in [1.165, 1.54) is 10.5 Å². The van der Waals surface area contributed by atoms with Gasteiger partial charge in [-0.05, 0) is 29.9 Å². The summed E-state index contributed by atoms with van der Waals surface area (Å²) in [6.07, 6.45) is 1.21. The molecule has 0 fully saturated rings. The Labute approximate surface area is 101 Å². The summed E-state index contributed by atoms with van der Waals surface area (Å²) in [6, 6.07) is 8.34. The van der Waals surface area contributed by atoms with Crippen LogP contribution in [0.3, 0.4) is 0 Å². The topological polar surface area (TPSA) is 46.3 Å². The van der Waals surface area contributed by atoms with Gasteiger partial charge in [-0.3, -0.25) is 9.80 Å². The Morgan fingerprint density at radius 1 is 1.38 bits per heavy atom. The minimum absolute atomic E-state index is 0.0352. The van der Waals surface area contributed by atoms with Crippen molar-refractivity contribution < 1.29 is 4.79 Å². The molecular weight excluding hydrogens is 220 g/mol. The van der Waals surface area contributed by atoms with Crippen molar-refractivity contribution in [2.75, 3.05) is 12.8 Å². The molecule has 0 bridgehead atoms. The van der Waals surface area contributed by atoms with Gasteiger partial charge in [0.2, 0.25) is 5.91 Å². The van der Waals surface area contributed by atoms with E-state index in [4.69, 9.17) is 5.84 Å². The predicted octanol–water partition coefficient (Wildman–Crippen LogP) is 2.06. The molecule has 4 heteroatoms. The second-order valence-corrected chi connectivity index (χ2v) is 4.92. The van der Waals surface area contributed by atoms with Gasteiger partial charge in [-0.1, -0.05) is 19.1 Å². The van der Waals surface area contributed by atoms with Gasteiger partial charge in [0.25, 0.3) is 0 Å². The lowest BCUT2D eigenvalue weighted by Crippen LogP contribution is -2.33. The van der Waals surface area contributed by atoms with E-state index in [-0.39, 0.29) is 5.91 Å². The van der Waals surface area contributed by atoms with Gasteiger partial charge < -0.3 is 0 Å². The largest absolute Gasteiger partial charge is 0.284 e. The molecule has 0 spiro atoms. The average molecular weight is 238 g/mol. The summed E-state index contributed by atoms with van der Waals surface area (Å²) in [5, 5.41) is 1.14. The molecule has 16 heavy (non-hydrogen) atoms. The Balaban J connectivity index is 2.46. The van der Waals surface area contributed by atoms with Gasteiger partial charge >= 0.3 is 0 Å². The van der Waals surface area contributed by atoms with Crippen LogP contribution in [0, 0.1) is 0 Å². The third-order valence-corrected chi connectivity index (χ3v) is 3.15. The van der Waals surface area contributed by atoms with Crippen LogP contribution in [-0.4, -0.2) is 23.7 Å². The molecule has 3 nitrogen and oxygen atoms in total. The lowest BCUT2D eigenvalue weighted by Gasteiger charge is -2.09. The first-order valence-corrected chi connectivity index (χ1v) is 6.35. The van der Waals surface area contributed by atoms with Gasteiger partial charge in [-0.25, -0.2) is 5.84 Å². The van der Waals surface area contributed by atoms with E-state index in [0.29, 0.717) is 6.42 Å². The van der Waals surface area contributed by atoms with E-state index < -0.39 is 0 Å². The van der Waals surface area contributed by atoms with Crippen molar-refractivity contribution in [2.45, 2.75) is 24.7 Å². The Hall–Kier alpha value is -1.00. The molecule has 0 saturated carbocycles. The summed E-state index contributed by atoms with van der Waals surface area (Å²) in [4.78, 5) is 12.6. The van der Waals surface area contributed by atoms with Gasteiger partial charge in [0.1, 0.15) is 0 Å². The number of benzene rings is 1. The van der Waals surface area contributed by atoms with Crippen LogP contribution >= 0.6 is 11.8 Å². The van der Waals surface area contributed by atoms with Crippen molar-refractivity contribution in [3.63, 3.8) is 0 Å². The second kappa shape index (κ2) is 6.55. The number of thioether (sulfide) groups is 1. The molecule has 0 aromatic heterocycles. The number of hydrogen-bond acceptors (Lipinski definition) is 3. The first-order valence-electron chi connectivity index (χ1n) is 5.36. The van der Waals surface area contributed by atoms with Crippen LogP contribution in [0.25, 0.3) is 0 Å². The van der Waals surface area contributed by atoms with Crippen LogP contribution in [0.5, 0.6) is 0 Å². The lowest BCUT2D eigenvalue weighted by atomic mass is 10.1. The number of aryl methyl sites for hydroxylation is 1. The van der Waals surface area contributed by atoms with Crippen LogP contribution in [-0.2, 0) is 11.2 Å². The van der Waals surface area contributed by atoms with E-state index in [0.717, 1.165) is 17.2 Å². The molecule has 0 radical (unpaired) electrons. The highest BCUT2D eigenvalue weighted by atomic mass is 32.2. The maximum atomic E-state index is 11.3. The van der Waals surface area contributed by atoms with Gasteiger partial charge in [-0.2, -0.15) is 0 Å². The molecule has 0 atom stereocenters. The first-order chi connectivity index (χ1) is 7.63. The average Bonchev–Trinajstić information content (AvgIpc) is 2.28. The van der Waals surface area contributed by atoms with E-state index in [2.05, 4.69) is 31.2 Å². The number of nitrogens with zero attached hydrogens (tertiary/aromatic N) is 1. The molecule has 1 aromatic carbocycles. The number of hydrogen-bond donors (Lipinski definition) is 1. The molecule has 1 rings (SSSR count). The molecule has 0 saturated heterocycles. The summed E-state index contributed by atoms with van der Waals surface area (Å²) in [7, 11) is 1.57. The summed E-state index contributed by atoms with van der Waals surface area (Å²) in [5.74, 6) is 6.39. The third kappa shape index (κ3) is 4.24. The number of rotatable bonds is 5. The molecule has 0 aliphatic rings. The van der Waals surface area contributed by atoms with Gasteiger partial charge in [0.15, 0.2) is 0 Å². The third-order valence-electron chi connectivity index (χ3n) is 2.26. The van der Waals surface area contributed by atoms with E-state index >= 15 is 0 Å². The van der Waals surface area contributed by atoms with Crippen LogP contribution in [0.4, 0.5) is 0 Å². The molecule has 1 aromatic rings. The van der Waals surface area contributed by atoms with Crippen molar-refractivity contribution in [2.24, 2.45) is 5.84 Å². The maximum absolute atomic E-state index is 11.3. The van der Waals surface area contributed by atoms with Crippen LogP contribution in [0.1, 0.15) is 18.9 Å². The van der Waals surface area contributed by atoms with Crippen molar-refractivity contribution in [1.82, 2.24) is 5.01 Å². The highest BCUT2D eigenvalue weighted by Gasteiger charge is 2.04. The quantitative estimate of drug-likeness (QED) is 0.370. The number of hydrazine groups is 1. The monoisotopic (exact) mass is 238 g/mol. The molecule has 1 amide bonds. The molecule has 0 aliphatic heterocycles. The van der Waals surface area contributed by atoms with E-state index in [9.17, 15) is 4.79 Å². The highest BCUT2D eigenvalue weighted by Crippen LogP contribution is 2.18. The van der Waals surface area contributed by atoms with E-state index in [1.54, 1.807) is 7.05 Å². The number of carbonyl (C=O) groups excluding carboxylic acids is 1. The van der Waals surface area contributed by atoms with Crippen molar-refractivity contribution >= 4 is 17.7 Å². The summed E-state index contributed by atoms with van der Waals surface area (Å²) >= 11 is 1.82. The van der Waals surface area contributed by atoms with Crippen LogP contribution < -0.4 is 5.84 Å². The lowest BCUT2D eigenvalue weighted by molar-refractivity contribution is -0.130. The Bertz CT molecular complexity index is 335. The predicted molar refractivity (Wildman–Crippen MR) is 68.1 cm³/mol. The first kappa shape index (κ1) is 13.1. The SMILES string of the molecule is CCSc1ccc(CCC(=O)N(C)N)cc1. The molecule has 88 valence electrons. The highest BCUT2D eigenvalue weighted by molar-refractivity contribution is 7.99. The minimum atomic E-state index is -0.0352. The zero-order chi connectivity index (χ0) is 12.0. The van der Waals surface area contributed by atoms with Crippen molar-refractivity contribution in [1.29, 1.82) is 0 Å². The Morgan fingerprint density at radius 3 is 2.50 bits per heavy atom. The fourth-order valence-corrected chi connectivity index (χ4v) is 2.01. The van der Waals surface area contributed by atoms with Crippen LogP contribution in [0.2, 0.25) is 0 Å². The standard InChI is InChI=1S/C12H18N2OS/c1-3-16-11-7-4-10(5-8-11)6-9-12(15)14(2)13/h4-5,7-8H,3,6,9,13H2,1-2H3. The molecule has 0 heterocycles. The molecule has 0 aliphatic carbocycles. The van der Waals surface area contributed by atoms with E-state index in [1.807, 2.05) is 11.8 Å². The second-order valence-electron chi connectivity index (χ2n) is 3.58. The smallest absolute Gasteiger partial charge is 0.236 e. The minimum Gasteiger partial charge on any atom is -0.284 e. The van der Waals surface area contributed by atoms with Crippen LogP contribution in [0.15, 0.2) is 29.2 Å². The zero-order valence-electron chi connectivity index (χ0n) is 9.77. The number of nitrogens with two attached hydrogens (primary N) is 1. The number of carbonyl (C=O) groups is 1. The summed E-state index contributed by atoms with van der Waals surface area (Å²) < 4.78 is 0. The van der Waals surface area contributed by atoms with Gasteiger partial charge in [0.05, 0.1) is 0 Å². The molecule has 2 N–H and O–H groups in total. The van der Waals surface area contributed by atoms with Crippen molar-refractivity contribution in [3.05, 3.63) is 29.8 Å². The zero-order valence-corrected chi connectivity index (χ0v) is 10.6. The fraction of sp³-hybridized carbons (Fsp3) is 0.417. The Morgan fingerprint density at radius 2 is 2.00 bits per heavy atom. The van der Waals surface area contributed by atoms with Gasteiger partial charge in [-0.15, -0.1) is 11.8 Å². The van der Waals surface area contributed by atoms with Crippen molar-refractivity contribution in [3.8, 4) is 0 Å². The molecular formula is C12H18N2OS. The maximum Gasteiger partial charge on any atom is 0.236 e. The number of amides is 1. The fourth-order valence-electron chi connectivity index (χ4n) is 1.35. The molecule has 0 unspecified atom stereocenters. The Kier molecular flexibility index (Phi) is 5.35. The summed E-state index contributed by atoms with van der Waals surface area (Å²) in [5.41, 5.74) is 1.18. The normalized spacial score (nSPS) is 10.2. The summed E-state index contributed by atoms with van der Waals surface area (Å²) in [6.45, 7) is 2.13.